The lowest BCUT2D eigenvalue weighted by atomic mass is 9.75. The third-order valence-corrected chi connectivity index (χ3v) is 11.2. The van der Waals surface area contributed by atoms with Gasteiger partial charge in [-0.05, 0) is 48.6 Å². The van der Waals surface area contributed by atoms with Gasteiger partial charge in [0.25, 0.3) is 0 Å². The number of aliphatic hydroxyl groups is 1. The molecular weight excluding hydrogens is 344 g/mol. The summed E-state index contributed by atoms with van der Waals surface area (Å²) in [7, 11) is -2.80. The average molecular weight is 384 g/mol. The molecule has 26 heavy (non-hydrogen) atoms. The van der Waals surface area contributed by atoms with Crippen LogP contribution >= 0.6 is 0 Å². The summed E-state index contributed by atoms with van der Waals surface area (Å²) in [6.45, 7) is 17.3. The minimum Gasteiger partial charge on any atom is -0.476 e. The molecule has 0 bridgehead atoms. The van der Waals surface area contributed by atoms with Crippen molar-refractivity contribution in [3.63, 3.8) is 0 Å². The maximum absolute atomic E-state index is 10.5. The third kappa shape index (κ3) is 4.80. The van der Waals surface area contributed by atoms with Crippen LogP contribution in [0.2, 0.25) is 11.1 Å². The molecule has 1 aliphatic carbocycles. The summed E-state index contributed by atoms with van der Waals surface area (Å²) in [5.41, 5.74) is 0.280. The molecule has 0 aromatic heterocycles. The molecule has 1 saturated carbocycles. The molecule has 0 aromatic rings. The van der Waals surface area contributed by atoms with Gasteiger partial charge in [0.15, 0.2) is 4.98 Å². The largest absolute Gasteiger partial charge is 0.476 e. The standard InChI is InChI=1S/C20H38N2O3Si/c1-9-24-20(23)19(22-21)26(14(4)5,15(6)7)25-18-12-16(8)10-11-17(18)13(2)3/h13-18H,9-12H2,1-8H3/p+1/b20-19+/t16-,17+,18-/m1/s1. The van der Waals surface area contributed by atoms with E-state index in [1.54, 1.807) is 6.92 Å². The van der Waals surface area contributed by atoms with Crippen molar-refractivity contribution in [3.8, 4) is 0 Å². The number of aliphatic hydroxyl groups excluding tert-OH is 1. The lowest BCUT2D eigenvalue weighted by molar-refractivity contribution is 0.0344. The second-order valence-electron chi connectivity index (χ2n) is 8.77. The van der Waals surface area contributed by atoms with Crippen LogP contribution in [0.3, 0.4) is 0 Å². The first kappa shape index (κ1) is 23.0. The van der Waals surface area contributed by atoms with Crippen LogP contribution < -0.4 is 0 Å². The quantitative estimate of drug-likeness (QED) is 0.300. The lowest BCUT2D eigenvalue weighted by Gasteiger charge is -2.43. The second-order valence-corrected chi connectivity index (χ2v) is 13.4. The average Bonchev–Trinajstić information content (AvgIpc) is 2.53. The second kappa shape index (κ2) is 9.75. The topological polar surface area (TPSA) is 66.8 Å². The van der Waals surface area contributed by atoms with E-state index in [4.69, 9.17) is 9.16 Å². The molecule has 0 spiro atoms. The van der Waals surface area contributed by atoms with Crippen molar-refractivity contribution in [3.05, 3.63) is 16.2 Å². The Morgan fingerprint density at radius 1 is 1.15 bits per heavy atom. The Hall–Kier alpha value is -1.06. The van der Waals surface area contributed by atoms with E-state index in [0.717, 1.165) is 12.8 Å². The molecule has 0 radical (unpaired) electrons. The van der Waals surface area contributed by atoms with Crippen LogP contribution in [0.15, 0.2) is 11.3 Å². The van der Waals surface area contributed by atoms with Crippen molar-refractivity contribution in [2.75, 3.05) is 6.61 Å². The first-order valence-electron chi connectivity index (χ1n) is 10.2. The molecule has 5 nitrogen and oxygen atoms in total. The Morgan fingerprint density at radius 3 is 2.15 bits per heavy atom. The summed E-state index contributed by atoms with van der Waals surface area (Å²) < 4.78 is 12.3. The molecule has 1 N–H and O–H groups in total. The highest BCUT2D eigenvalue weighted by Gasteiger charge is 2.60. The SMILES string of the molecule is CCO/C(O)=C(\[N+]#N)[Si](O[C@@H]1C[C@H](C)CC[C@H]1C(C)C)(C(C)C)C(C)C. The molecule has 1 fully saturated rings. The van der Waals surface area contributed by atoms with Crippen LogP contribution in [0.5, 0.6) is 0 Å². The molecule has 0 amide bonds. The van der Waals surface area contributed by atoms with Gasteiger partial charge in [-0.15, -0.1) is 0 Å². The molecule has 0 aliphatic heterocycles. The molecule has 0 heterocycles. The fraction of sp³-hybridized carbons (Fsp3) is 0.900. The summed E-state index contributed by atoms with van der Waals surface area (Å²) in [5.74, 6) is 1.37. The number of diazo groups is 1. The van der Waals surface area contributed by atoms with Gasteiger partial charge >= 0.3 is 19.6 Å². The number of rotatable bonds is 8. The van der Waals surface area contributed by atoms with Crippen LogP contribution in [0, 0.1) is 23.1 Å². The zero-order valence-corrected chi connectivity index (χ0v) is 19.0. The van der Waals surface area contributed by atoms with Gasteiger partial charge in [-0.25, -0.2) is 0 Å². The summed E-state index contributed by atoms with van der Waals surface area (Å²) in [6.07, 6.45) is 3.54. The highest BCUT2D eigenvalue weighted by molar-refractivity contribution is 6.83. The minimum atomic E-state index is -2.80. The number of hydrogen-bond acceptors (Lipinski definition) is 4. The zero-order valence-electron chi connectivity index (χ0n) is 18.0. The van der Waals surface area contributed by atoms with Crippen LogP contribution in [-0.4, -0.2) is 26.1 Å². The summed E-state index contributed by atoms with van der Waals surface area (Å²) >= 11 is 0. The Balaban J connectivity index is 3.42. The Morgan fingerprint density at radius 2 is 1.73 bits per heavy atom. The maximum Gasteiger partial charge on any atom is 0.435 e. The predicted molar refractivity (Wildman–Crippen MR) is 109 cm³/mol. The van der Waals surface area contributed by atoms with Crippen molar-refractivity contribution in [1.29, 1.82) is 5.39 Å². The molecule has 0 unspecified atom stereocenters. The van der Waals surface area contributed by atoms with Gasteiger partial charge in [0.05, 0.1) is 6.61 Å². The summed E-state index contributed by atoms with van der Waals surface area (Å²) in [6, 6.07) is 0. The molecule has 0 saturated heterocycles. The fourth-order valence-corrected chi connectivity index (χ4v) is 8.95. The van der Waals surface area contributed by atoms with Crippen molar-refractivity contribution < 1.29 is 14.3 Å². The van der Waals surface area contributed by atoms with Gasteiger partial charge in [0.1, 0.15) is 0 Å². The first-order valence-corrected chi connectivity index (χ1v) is 12.3. The Kier molecular flexibility index (Phi) is 8.62. The van der Waals surface area contributed by atoms with Gasteiger partial charge in [0.2, 0.25) is 5.39 Å². The van der Waals surface area contributed by atoms with E-state index >= 15 is 0 Å². The Bertz CT molecular complexity index is 518. The van der Waals surface area contributed by atoms with Crippen molar-refractivity contribution in [1.82, 2.24) is 0 Å². The van der Waals surface area contributed by atoms with Gasteiger partial charge in [0, 0.05) is 6.10 Å². The molecule has 150 valence electrons. The molecule has 1 aliphatic rings. The van der Waals surface area contributed by atoms with Gasteiger partial charge in [-0.3, -0.25) is 0 Å². The lowest BCUT2D eigenvalue weighted by Crippen LogP contribution is -2.52. The molecule has 1 rings (SSSR count). The summed E-state index contributed by atoms with van der Waals surface area (Å²) in [4.78, 5) is 3.52. The molecule has 6 heteroatoms. The van der Waals surface area contributed by atoms with Crippen molar-refractivity contribution in [2.24, 2.45) is 17.8 Å². The number of nitrogens with zero attached hydrogens (tertiary/aromatic N) is 2. The molecular formula is C20H39N2O3Si+. The molecule has 0 aromatic carbocycles. The van der Waals surface area contributed by atoms with E-state index in [0.29, 0.717) is 24.4 Å². The van der Waals surface area contributed by atoms with Crippen LogP contribution in [0.4, 0.5) is 0 Å². The van der Waals surface area contributed by atoms with E-state index in [1.807, 2.05) is 0 Å². The third-order valence-electron chi connectivity index (χ3n) is 5.98. The van der Waals surface area contributed by atoms with E-state index < -0.39 is 8.32 Å². The van der Waals surface area contributed by atoms with Gasteiger partial charge < -0.3 is 14.3 Å². The van der Waals surface area contributed by atoms with E-state index in [9.17, 15) is 10.5 Å². The van der Waals surface area contributed by atoms with E-state index in [-0.39, 0.29) is 28.5 Å². The number of hydrogen-bond donors (Lipinski definition) is 1. The zero-order chi connectivity index (χ0) is 20.1. The highest BCUT2D eigenvalue weighted by Crippen LogP contribution is 2.46. The Labute approximate surface area is 160 Å². The predicted octanol–water partition coefficient (Wildman–Crippen LogP) is 6.39. The van der Waals surface area contributed by atoms with Crippen LogP contribution in [0.25, 0.3) is 4.98 Å². The normalized spacial score (nSPS) is 25.4. The van der Waals surface area contributed by atoms with E-state index in [1.165, 1.54) is 6.42 Å². The first-order chi connectivity index (χ1) is 12.1. The van der Waals surface area contributed by atoms with Crippen molar-refractivity contribution in [2.45, 2.75) is 91.8 Å². The van der Waals surface area contributed by atoms with Gasteiger partial charge in [-0.1, -0.05) is 54.9 Å². The van der Waals surface area contributed by atoms with Gasteiger partial charge in [-0.2, -0.15) is 0 Å². The number of ether oxygens (including phenoxy) is 1. The van der Waals surface area contributed by atoms with Crippen molar-refractivity contribution >= 4 is 8.32 Å². The maximum atomic E-state index is 10.5. The summed E-state index contributed by atoms with van der Waals surface area (Å²) in [5, 5.41) is 20.5. The smallest absolute Gasteiger partial charge is 0.435 e. The molecule has 3 atom stereocenters. The fourth-order valence-electron chi connectivity index (χ4n) is 4.54. The minimum absolute atomic E-state index is 0.126. The van der Waals surface area contributed by atoms with E-state index in [2.05, 4.69) is 53.4 Å². The highest BCUT2D eigenvalue weighted by atomic mass is 28.4. The van der Waals surface area contributed by atoms with Crippen LogP contribution in [0.1, 0.15) is 74.7 Å². The monoisotopic (exact) mass is 383 g/mol. The van der Waals surface area contributed by atoms with Crippen LogP contribution in [-0.2, 0) is 9.16 Å².